The monoisotopic (exact) mass is 343 g/mol. The Morgan fingerprint density at radius 1 is 1.59 bits per heavy atom. The summed E-state index contributed by atoms with van der Waals surface area (Å²) in [5.41, 5.74) is 0. The van der Waals surface area contributed by atoms with Gasteiger partial charge in [0.15, 0.2) is 6.04 Å². The molecule has 3 rings (SSSR count). The van der Waals surface area contributed by atoms with Crippen LogP contribution in [0.4, 0.5) is 0 Å². The molecule has 2 saturated heterocycles. The van der Waals surface area contributed by atoms with Gasteiger partial charge in [0.2, 0.25) is 5.91 Å². The molecule has 2 aliphatic heterocycles. The molecule has 2 aliphatic rings. The lowest BCUT2D eigenvalue weighted by atomic mass is 9.91. The minimum atomic E-state index is -0.979. The van der Waals surface area contributed by atoms with Crippen molar-refractivity contribution in [2.75, 3.05) is 5.75 Å². The summed E-state index contributed by atoms with van der Waals surface area (Å²) in [6.45, 7) is 2.32. The Morgan fingerprint density at radius 2 is 2.36 bits per heavy atom. The van der Waals surface area contributed by atoms with Gasteiger partial charge in [-0.2, -0.15) is 0 Å². The van der Waals surface area contributed by atoms with E-state index in [0.717, 1.165) is 12.3 Å². The molecule has 0 spiro atoms. The third kappa shape index (κ3) is 2.61. The SMILES string of the molecule is CC(O)[C@H]1C(=O)N2C(C(=O)O)C(SCCn3ccnc3)S[C@H]12. The highest BCUT2D eigenvalue weighted by atomic mass is 32.2. The lowest BCUT2D eigenvalue weighted by molar-refractivity contribution is -0.166. The number of rotatable bonds is 6. The first-order valence-corrected chi connectivity index (χ1v) is 8.95. The second-order valence-corrected chi connectivity index (χ2v) is 8.17. The van der Waals surface area contributed by atoms with Crippen LogP contribution in [0, 0.1) is 5.92 Å². The van der Waals surface area contributed by atoms with Crippen LogP contribution in [-0.4, -0.2) is 64.4 Å². The molecule has 1 aromatic heterocycles. The van der Waals surface area contributed by atoms with Gasteiger partial charge in [-0.15, -0.1) is 23.5 Å². The van der Waals surface area contributed by atoms with Crippen LogP contribution in [-0.2, 0) is 16.1 Å². The number of amides is 1. The van der Waals surface area contributed by atoms with E-state index in [4.69, 9.17) is 0 Å². The van der Waals surface area contributed by atoms with E-state index in [1.54, 1.807) is 19.4 Å². The van der Waals surface area contributed by atoms with Crippen molar-refractivity contribution in [3.05, 3.63) is 18.7 Å². The number of aryl methyl sites for hydroxylation is 1. The molecule has 0 saturated carbocycles. The lowest BCUT2D eigenvalue weighted by Crippen LogP contribution is -2.64. The number of fused-ring (bicyclic) bond motifs is 1. The summed E-state index contributed by atoms with van der Waals surface area (Å²) in [5, 5.41) is 18.9. The number of β-lactam (4-membered cyclic amide) rings is 1. The van der Waals surface area contributed by atoms with E-state index in [2.05, 4.69) is 4.98 Å². The van der Waals surface area contributed by atoms with Gasteiger partial charge in [-0.05, 0) is 6.92 Å². The van der Waals surface area contributed by atoms with Crippen LogP contribution in [0.2, 0.25) is 0 Å². The summed E-state index contributed by atoms with van der Waals surface area (Å²) in [6, 6.07) is -0.815. The average molecular weight is 343 g/mol. The van der Waals surface area contributed by atoms with E-state index in [0.29, 0.717) is 0 Å². The zero-order valence-corrected chi connectivity index (χ0v) is 13.5. The van der Waals surface area contributed by atoms with Crippen LogP contribution >= 0.6 is 23.5 Å². The van der Waals surface area contributed by atoms with Crippen molar-refractivity contribution in [1.29, 1.82) is 0 Å². The summed E-state index contributed by atoms with van der Waals surface area (Å²) >= 11 is 3.02. The Labute approximate surface area is 136 Å². The molecule has 0 aliphatic carbocycles. The summed E-state index contributed by atoms with van der Waals surface area (Å²) in [7, 11) is 0. The molecule has 22 heavy (non-hydrogen) atoms. The van der Waals surface area contributed by atoms with Crippen LogP contribution in [0.1, 0.15) is 6.92 Å². The van der Waals surface area contributed by atoms with Gasteiger partial charge in [0.1, 0.15) is 0 Å². The third-order valence-corrected chi connectivity index (χ3v) is 6.99. The Kier molecular flexibility index (Phi) is 4.37. The number of thioether (sulfide) groups is 2. The standard InChI is InChI=1S/C13H17N3O4S2/c1-7(17)8-10(18)16-9(12(19)20)13(22-11(8)16)21-5-4-15-3-2-14-6-15/h2-3,6-9,11,13,17H,4-5H2,1H3,(H,19,20)/t7?,8-,9?,11+,13?/m0/s1. The molecule has 120 valence electrons. The normalized spacial score (nSPS) is 31.7. The number of aliphatic carboxylic acids is 1. The van der Waals surface area contributed by atoms with Gasteiger partial charge in [-0.25, -0.2) is 9.78 Å². The second kappa shape index (κ2) is 6.13. The van der Waals surface area contributed by atoms with Gasteiger partial charge in [-0.3, -0.25) is 4.79 Å². The Hall–Kier alpha value is -1.19. The number of imidazole rings is 1. The molecule has 2 fully saturated rings. The first kappa shape index (κ1) is 15.7. The zero-order chi connectivity index (χ0) is 15.9. The number of aliphatic hydroxyl groups is 1. The molecule has 1 aromatic rings. The van der Waals surface area contributed by atoms with Gasteiger partial charge in [0.05, 0.1) is 28.3 Å². The number of nitrogens with zero attached hydrogens (tertiary/aromatic N) is 3. The maximum absolute atomic E-state index is 12.1. The van der Waals surface area contributed by atoms with Crippen LogP contribution in [0.15, 0.2) is 18.7 Å². The highest BCUT2D eigenvalue weighted by molar-refractivity contribution is 8.17. The zero-order valence-electron chi connectivity index (χ0n) is 11.9. The lowest BCUT2D eigenvalue weighted by Gasteiger charge is -2.44. The van der Waals surface area contributed by atoms with Crippen molar-refractivity contribution in [2.45, 2.75) is 35.6 Å². The van der Waals surface area contributed by atoms with E-state index in [9.17, 15) is 19.8 Å². The predicted octanol–water partition coefficient (Wildman–Crippen LogP) is 0.308. The van der Waals surface area contributed by atoms with Crippen molar-refractivity contribution in [3.8, 4) is 0 Å². The molecule has 3 unspecified atom stereocenters. The number of carboxylic acid groups (broad SMARTS) is 1. The fourth-order valence-corrected chi connectivity index (χ4v) is 6.28. The number of hydrogen-bond donors (Lipinski definition) is 2. The quantitative estimate of drug-likeness (QED) is 0.718. The summed E-state index contributed by atoms with van der Waals surface area (Å²) in [5.74, 6) is -0.970. The van der Waals surface area contributed by atoms with Crippen molar-refractivity contribution in [2.24, 2.45) is 5.92 Å². The molecule has 0 bridgehead atoms. The summed E-state index contributed by atoms with van der Waals surface area (Å²) in [6.07, 6.45) is 4.53. The highest BCUT2D eigenvalue weighted by Crippen LogP contribution is 2.51. The predicted molar refractivity (Wildman–Crippen MR) is 83.3 cm³/mol. The number of carboxylic acids is 1. The number of carbonyl (C=O) groups excluding carboxylic acids is 1. The Balaban J connectivity index is 1.63. The molecular weight excluding hydrogens is 326 g/mol. The molecule has 5 atom stereocenters. The first-order chi connectivity index (χ1) is 10.5. The summed E-state index contributed by atoms with van der Waals surface area (Å²) in [4.78, 5) is 29.0. The van der Waals surface area contributed by atoms with E-state index < -0.39 is 24.0 Å². The number of aliphatic hydroxyl groups excluding tert-OH is 1. The molecule has 9 heteroatoms. The largest absolute Gasteiger partial charge is 0.480 e. The van der Waals surface area contributed by atoms with Gasteiger partial charge in [-0.1, -0.05) is 0 Å². The van der Waals surface area contributed by atoms with Crippen molar-refractivity contribution < 1.29 is 19.8 Å². The number of carbonyl (C=O) groups is 2. The first-order valence-electron chi connectivity index (χ1n) is 6.96. The van der Waals surface area contributed by atoms with E-state index in [1.165, 1.54) is 28.4 Å². The smallest absolute Gasteiger partial charge is 0.328 e. The minimum absolute atomic E-state index is 0.210. The van der Waals surface area contributed by atoms with Crippen molar-refractivity contribution in [3.63, 3.8) is 0 Å². The molecule has 1 amide bonds. The molecule has 7 nitrogen and oxygen atoms in total. The van der Waals surface area contributed by atoms with E-state index in [1.807, 2.05) is 10.8 Å². The molecule has 2 N–H and O–H groups in total. The van der Waals surface area contributed by atoms with Gasteiger partial charge < -0.3 is 19.7 Å². The van der Waals surface area contributed by atoms with Crippen molar-refractivity contribution >= 4 is 35.4 Å². The van der Waals surface area contributed by atoms with Crippen molar-refractivity contribution in [1.82, 2.24) is 14.5 Å². The second-order valence-electron chi connectivity index (χ2n) is 5.36. The summed E-state index contributed by atoms with van der Waals surface area (Å²) < 4.78 is 1.72. The van der Waals surface area contributed by atoms with E-state index in [-0.39, 0.29) is 15.9 Å². The van der Waals surface area contributed by atoms with E-state index >= 15 is 0 Å². The molecular formula is C13H17N3O4S2. The molecule has 3 heterocycles. The van der Waals surface area contributed by atoms with Gasteiger partial charge in [0.25, 0.3) is 0 Å². The fraction of sp³-hybridized carbons (Fsp3) is 0.615. The Bertz CT molecular complexity index is 566. The van der Waals surface area contributed by atoms with Crippen LogP contribution in [0.3, 0.4) is 0 Å². The maximum atomic E-state index is 12.1. The third-order valence-electron chi connectivity index (χ3n) is 3.92. The Morgan fingerprint density at radius 3 is 2.95 bits per heavy atom. The molecule has 0 radical (unpaired) electrons. The topological polar surface area (TPSA) is 95.7 Å². The minimum Gasteiger partial charge on any atom is -0.480 e. The fourth-order valence-electron chi connectivity index (χ4n) is 2.80. The number of aromatic nitrogens is 2. The van der Waals surface area contributed by atoms with Gasteiger partial charge >= 0.3 is 5.97 Å². The average Bonchev–Trinajstić information content (AvgIpc) is 3.04. The van der Waals surface area contributed by atoms with Crippen LogP contribution in [0.5, 0.6) is 0 Å². The van der Waals surface area contributed by atoms with Crippen LogP contribution < -0.4 is 0 Å². The maximum Gasteiger partial charge on any atom is 0.328 e. The van der Waals surface area contributed by atoms with Crippen LogP contribution in [0.25, 0.3) is 0 Å². The number of hydrogen-bond acceptors (Lipinski definition) is 6. The molecule has 0 aromatic carbocycles. The highest BCUT2D eigenvalue weighted by Gasteiger charge is 2.61. The van der Waals surface area contributed by atoms with Gasteiger partial charge in [0, 0.05) is 24.7 Å².